The highest BCUT2D eigenvalue weighted by Gasteiger charge is 2.81. The van der Waals surface area contributed by atoms with Crippen LogP contribution >= 0.6 is 0 Å². The molecule has 0 saturated carbocycles. The molecule has 6 aliphatic heterocycles. The minimum absolute atomic E-state index is 0.141. The lowest BCUT2D eigenvalue weighted by Gasteiger charge is -2.65. The first-order chi connectivity index (χ1) is 34.5. The van der Waals surface area contributed by atoms with Gasteiger partial charge in [-0.2, -0.15) is 0 Å². The van der Waals surface area contributed by atoms with Crippen molar-refractivity contribution in [1.82, 2.24) is 0 Å². The lowest BCUT2D eigenvalue weighted by atomic mass is 10.4. The maximum Gasteiger partial charge on any atom is 0.357 e. The van der Waals surface area contributed by atoms with E-state index in [-0.39, 0.29) is 6.61 Å². The van der Waals surface area contributed by atoms with E-state index in [1.165, 1.54) is 0 Å². The maximum absolute atomic E-state index is 13.0. The first kappa shape index (κ1) is 47.2. The Balaban J connectivity index is 1.25. The van der Waals surface area contributed by atoms with E-state index >= 15 is 0 Å². The van der Waals surface area contributed by atoms with E-state index in [4.69, 9.17) is 37.7 Å². The monoisotopic (exact) mass is 1070 g/mol. The molecule has 0 N–H and O–H groups in total. The third-order valence-electron chi connectivity index (χ3n) is 14.4. The zero-order valence-corrected chi connectivity index (χ0v) is 47.4. The highest BCUT2D eigenvalue weighted by molar-refractivity contribution is 7.22. The van der Waals surface area contributed by atoms with Crippen LogP contribution in [0.15, 0.2) is 224 Å². The van der Waals surface area contributed by atoms with Crippen LogP contribution in [0.2, 0.25) is 28.7 Å². The molecule has 0 spiro atoms. The van der Waals surface area contributed by atoms with Crippen LogP contribution in [0.5, 0.6) is 0 Å². The number of hydrogen-bond acceptors (Lipinski definition) is 10. The van der Waals surface area contributed by atoms with Crippen LogP contribution in [0, 0.1) is 0 Å². The highest BCUT2D eigenvalue weighted by atomic mass is 28.6. The summed E-state index contributed by atoms with van der Waals surface area (Å²) in [4.78, 5) is 13.0. The largest absolute Gasteiger partial charge is 0.462 e. The van der Waals surface area contributed by atoms with Crippen LogP contribution in [0.3, 0.4) is 0 Å². The fraction of sp³-hybridized carbons (Fsp3) is 0.151. The lowest BCUT2D eigenvalue weighted by Crippen LogP contribution is -2.92. The Labute approximate surface area is 423 Å². The Kier molecular flexibility index (Phi) is 12.1. The summed E-state index contributed by atoms with van der Waals surface area (Å²) in [6, 6.07) is 74.1. The third-order valence-corrected chi connectivity index (χ3v) is 60.6. The fourth-order valence-corrected chi connectivity index (χ4v) is 78.0. The van der Waals surface area contributed by atoms with E-state index in [2.05, 4.69) is 176 Å². The molecule has 7 aromatic carbocycles. The molecule has 7 aromatic rings. The molecule has 71 heavy (non-hydrogen) atoms. The summed E-state index contributed by atoms with van der Waals surface area (Å²) in [5, 5.41) is 6.69. The van der Waals surface area contributed by atoms with Crippen LogP contribution in [0.4, 0.5) is 0 Å². The van der Waals surface area contributed by atoms with Crippen LogP contribution in [0.25, 0.3) is 0 Å². The Morgan fingerprint density at radius 3 is 0.845 bits per heavy atom. The van der Waals surface area contributed by atoms with E-state index in [1.807, 2.05) is 42.5 Å². The van der Waals surface area contributed by atoms with Gasteiger partial charge in [-0.05, 0) is 55.7 Å². The smallest absolute Gasteiger partial charge is 0.357 e. The third kappa shape index (κ3) is 8.28. The van der Waals surface area contributed by atoms with Crippen LogP contribution in [-0.2, 0) is 42.5 Å². The average molecular weight is 1080 g/mol. The summed E-state index contributed by atoms with van der Waals surface area (Å²) < 4.78 is 75.0. The summed E-state index contributed by atoms with van der Waals surface area (Å²) in [6.45, 7) is 5.68. The summed E-state index contributed by atoms with van der Waals surface area (Å²) >= 11 is 0. The topological polar surface area (TPSA) is 100 Å². The van der Waals surface area contributed by atoms with Crippen LogP contribution in [-0.4, -0.2) is 81.1 Å². The normalized spacial score (nSPS) is 32.6. The SMILES string of the molecule is C=C(C)C(=O)OCCC[Si]12C[Si]3(c4ccccc4)O[Si]4(c5ccccc5)C[Si]5(c6ccccc6)O[Si](c6ccccc6)(C[Si](c6ccccc6)(O1)O4)O[Si](c1ccccc1)(C[Si](c1ccccc1)(O3)O5)O2. The zero-order chi connectivity index (χ0) is 48.3. The summed E-state index contributed by atoms with van der Waals surface area (Å²) in [5.41, 5.74) is 1.73. The molecule has 358 valence electrons. The van der Waals surface area contributed by atoms with E-state index in [0.717, 1.165) is 36.3 Å². The molecule has 0 amide bonds. The molecule has 13 rings (SSSR count). The predicted octanol–water partition coefficient (Wildman–Crippen LogP) is 5.74. The van der Waals surface area contributed by atoms with E-state index in [9.17, 15) is 4.79 Å². The van der Waals surface area contributed by atoms with Crippen molar-refractivity contribution in [3.05, 3.63) is 224 Å². The van der Waals surface area contributed by atoms with Crippen molar-refractivity contribution in [2.45, 2.75) is 42.1 Å². The number of rotatable bonds is 12. The number of carbonyl (C=O) groups is 1. The van der Waals surface area contributed by atoms with Crippen LogP contribution in [0.1, 0.15) is 13.3 Å². The molecule has 0 aromatic heterocycles. The zero-order valence-electron chi connectivity index (χ0n) is 39.4. The molecule has 8 unspecified atom stereocenters. The second-order valence-electron chi connectivity index (χ2n) is 19.3. The van der Waals surface area contributed by atoms with E-state index in [0.29, 0.717) is 40.7 Å². The minimum atomic E-state index is -3.97. The van der Waals surface area contributed by atoms with Crippen LogP contribution < -0.4 is 36.3 Å². The van der Waals surface area contributed by atoms with Crippen molar-refractivity contribution in [3.63, 3.8) is 0 Å². The van der Waals surface area contributed by atoms with Gasteiger partial charge in [-0.25, -0.2) is 4.79 Å². The molecule has 0 aliphatic carbocycles. The number of esters is 1. The van der Waals surface area contributed by atoms with Gasteiger partial charge in [-0.1, -0.05) is 219 Å². The van der Waals surface area contributed by atoms with Crippen molar-refractivity contribution < 1.29 is 42.5 Å². The maximum atomic E-state index is 13.0. The Morgan fingerprint density at radius 1 is 0.380 bits per heavy atom. The van der Waals surface area contributed by atoms with Crippen molar-refractivity contribution in [2.75, 3.05) is 6.61 Å². The Morgan fingerprint density at radius 2 is 0.606 bits per heavy atom. The van der Waals surface area contributed by atoms with Gasteiger partial charge in [0.05, 0.1) is 6.61 Å². The van der Waals surface area contributed by atoms with Gasteiger partial charge in [-0.15, -0.1) is 0 Å². The van der Waals surface area contributed by atoms with E-state index < -0.39 is 74.5 Å². The van der Waals surface area contributed by atoms with Crippen molar-refractivity contribution in [2.24, 2.45) is 0 Å². The quantitative estimate of drug-likeness (QED) is 0.0653. The van der Waals surface area contributed by atoms with E-state index in [1.54, 1.807) is 6.92 Å². The molecule has 8 bridgehead atoms. The molecule has 6 fully saturated rings. The van der Waals surface area contributed by atoms with Gasteiger partial charge < -0.3 is 37.7 Å². The molecular weight excluding hydrogens is 1020 g/mol. The van der Waals surface area contributed by atoms with Gasteiger partial charge in [0.15, 0.2) is 0 Å². The van der Waals surface area contributed by atoms with Crippen molar-refractivity contribution >= 4 is 111 Å². The first-order valence-electron chi connectivity index (χ1n) is 24.4. The van der Waals surface area contributed by atoms with Gasteiger partial charge in [0.1, 0.15) is 0 Å². The molecule has 0 radical (unpaired) electrons. The number of carbonyl (C=O) groups excluding carboxylic acids is 1. The van der Waals surface area contributed by atoms with Crippen molar-refractivity contribution in [3.8, 4) is 0 Å². The molecule has 8 atom stereocenters. The molecule has 6 heterocycles. The average Bonchev–Trinajstić information content (AvgIpc) is 3.39. The Hall–Kier alpha value is -4.83. The van der Waals surface area contributed by atoms with Gasteiger partial charge in [-0.3, -0.25) is 0 Å². The minimum Gasteiger partial charge on any atom is -0.462 e. The van der Waals surface area contributed by atoms with Gasteiger partial charge in [0.2, 0.25) is 0 Å². The highest BCUT2D eigenvalue weighted by Crippen LogP contribution is 2.53. The molecular formula is C53H54O10Si8. The number of benzene rings is 7. The van der Waals surface area contributed by atoms with Gasteiger partial charge >= 0.3 is 74.5 Å². The summed E-state index contributed by atoms with van der Waals surface area (Å²) in [7, 11) is -31.6. The van der Waals surface area contributed by atoms with Crippen molar-refractivity contribution in [1.29, 1.82) is 0 Å². The van der Waals surface area contributed by atoms with Gasteiger partial charge in [0, 0.05) is 28.2 Å². The molecule has 6 saturated heterocycles. The number of ether oxygens (including phenoxy) is 1. The Bertz CT molecular complexity index is 2750. The summed E-state index contributed by atoms with van der Waals surface area (Å²) in [6.07, 6.45) is 0.448. The number of hydrogen-bond donors (Lipinski definition) is 0. The molecule has 18 heteroatoms. The fourth-order valence-electron chi connectivity index (χ4n) is 11.4. The molecule has 10 nitrogen and oxygen atoms in total. The summed E-state index contributed by atoms with van der Waals surface area (Å²) in [5.74, 6) is -0.435. The lowest BCUT2D eigenvalue weighted by molar-refractivity contribution is -0.139. The molecule has 6 aliphatic rings. The second kappa shape index (κ2) is 18.3. The standard InChI is InChI=1S/C53H54O10Si8/c1-45(2)53(54)55-39-24-40-64-41-65(46-25-10-3-11-26-46)58-68(49-31-16-6-17-32-49)42-66(56-64,47-27-12-4-13-28-47)60-69(50-33-18-7-19-34-50)43-67(57-64,48-29-14-5-15-30-48)61-70(59-65,51-35-20-8-21-36-51)44-71(62-68,63-69)52-37-22-9-23-38-52/h3-23,25-38H,1,24,39-44H2,2H3. The second-order valence-corrected chi connectivity index (χ2v) is 48.4. The first-order valence-corrected chi connectivity index (χ1v) is 40.8. The predicted molar refractivity (Wildman–Crippen MR) is 292 cm³/mol. The van der Waals surface area contributed by atoms with Gasteiger partial charge in [0.25, 0.3) is 0 Å².